The molecule has 4 atom stereocenters. The lowest BCUT2D eigenvalue weighted by molar-refractivity contribution is -0.149. The maximum atomic E-state index is 12.3. The number of nitrogens with zero attached hydrogens (tertiary/aromatic N) is 1. The minimum Gasteiger partial charge on any atom is -0.464 e. The number of hydrogen-bond acceptors (Lipinski definition) is 4. The second-order valence-corrected chi connectivity index (χ2v) is 6.40. The zero-order valence-electron chi connectivity index (χ0n) is 12.3. The van der Waals surface area contributed by atoms with Crippen LogP contribution in [0.3, 0.4) is 0 Å². The Bertz CT molecular complexity index is 387. The standard InChI is InChI=1S/C14H23NO4/c1-6-18-12(16)10-7-9-8(2)11(9)15(10)13(17)19-14(3,4)5/h8-11H,6-7H2,1-5H3. The number of likely N-dealkylation sites (tertiary alicyclic amines) is 1. The maximum Gasteiger partial charge on any atom is 0.411 e. The zero-order valence-corrected chi connectivity index (χ0v) is 12.3. The van der Waals surface area contributed by atoms with Crippen molar-refractivity contribution in [3.05, 3.63) is 0 Å². The highest BCUT2D eigenvalue weighted by Crippen LogP contribution is 2.53. The van der Waals surface area contributed by atoms with Gasteiger partial charge < -0.3 is 9.47 Å². The van der Waals surface area contributed by atoms with Gasteiger partial charge in [0.25, 0.3) is 0 Å². The van der Waals surface area contributed by atoms with Crippen LogP contribution in [-0.2, 0) is 14.3 Å². The largest absolute Gasteiger partial charge is 0.464 e. The highest BCUT2D eigenvalue weighted by atomic mass is 16.6. The van der Waals surface area contributed by atoms with Crippen molar-refractivity contribution in [2.45, 2.75) is 58.7 Å². The molecule has 1 saturated heterocycles. The average Bonchev–Trinajstić information content (AvgIpc) is 2.74. The minimum atomic E-state index is -0.549. The number of fused-ring (bicyclic) bond motifs is 1. The van der Waals surface area contributed by atoms with E-state index >= 15 is 0 Å². The van der Waals surface area contributed by atoms with Crippen LogP contribution in [0.5, 0.6) is 0 Å². The molecule has 108 valence electrons. The lowest BCUT2D eigenvalue weighted by atomic mass is 10.1. The van der Waals surface area contributed by atoms with Crippen LogP contribution in [0.25, 0.3) is 0 Å². The molecule has 0 aromatic rings. The highest BCUT2D eigenvalue weighted by molar-refractivity contribution is 5.83. The first-order valence-electron chi connectivity index (χ1n) is 6.94. The van der Waals surface area contributed by atoms with E-state index in [-0.39, 0.29) is 12.0 Å². The Morgan fingerprint density at radius 1 is 1.32 bits per heavy atom. The molecule has 1 saturated carbocycles. The van der Waals surface area contributed by atoms with Gasteiger partial charge in [-0.15, -0.1) is 0 Å². The third-order valence-electron chi connectivity index (χ3n) is 3.83. The molecule has 5 heteroatoms. The van der Waals surface area contributed by atoms with Gasteiger partial charge in [-0.2, -0.15) is 0 Å². The Kier molecular flexibility index (Phi) is 3.49. The van der Waals surface area contributed by atoms with Crippen molar-refractivity contribution in [2.24, 2.45) is 11.8 Å². The van der Waals surface area contributed by atoms with Gasteiger partial charge in [-0.05, 0) is 46.0 Å². The lowest BCUT2D eigenvalue weighted by Crippen LogP contribution is -2.47. The molecule has 19 heavy (non-hydrogen) atoms. The van der Waals surface area contributed by atoms with Gasteiger partial charge in [0.1, 0.15) is 11.6 Å². The van der Waals surface area contributed by atoms with Crippen molar-refractivity contribution in [2.75, 3.05) is 6.61 Å². The molecule has 2 aliphatic rings. The van der Waals surface area contributed by atoms with Crippen molar-refractivity contribution in [3.63, 3.8) is 0 Å². The fourth-order valence-electron chi connectivity index (χ4n) is 2.93. The van der Waals surface area contributed by atoms with Crippen molar-refractivity contribution in [1.82, 2.24) is 4.90 Å². The quantitative estimate of drug-likeness (QED) is 0.721. The maximum absolute atomic E-state index is 12.3. The summed E-state index contributed by atoms with van der Waals surface area (Å²) >= 11 is 0. The predicted octanol–water partition coefficient (Wildman–Crippen LogP) is 2.19. The molecule has 1 aliphatic carbocycles. The van der Waals surface area contributed by atoms with Crippen molar-refractivity contribution in [1.29, 1.82) is 0 Å². The van der Waals surface area contributed by atoms with E-state index in [4.69, 9.17) is 9.47 Å². The molecule has 0 aromatic heterocycles. The normalized spacial score (nSPS) is 32.8. The SMILES string of the molecule is CCOC(=O)C1CC2C(C)C2N1C(=O)OC(C)(C)C. The number of rotatable bonds is 2. The van der Waals surface area contributed by atoms with E-state index < -0.39 is 17.7 Å². The smallest absolute Gasteiger partial charge is 0.411 e. The number of piperidine rings is 1. The highest BCUT2D eigenvalue weighted by Gasteiger charge is 2.62. The lowest BCUT2D eigenvalue weighted by Gasteiger charge is -2.30. The van der Waals surface area contributed by atoms with E-state index in [1.807, 2.05) is 20.8 Å². The third kappa shape index (κ3) is 2.69. The molecule has 2 rings (SSSR count). The average molecular weight is 269 g/mol. The Balaban J connectivity index is 2.09. The number of esters is 1. The number of hydrogen-bond donors (Lipinski definition) is 0. The second kappa shape index (κ2) is 4.69. The van der Waals surface area contributed by atoms with Crippen LogP contribution in [0.2, 0.25) is 0 Å². The van der Waals surface area contributed by atoms with Crippen LogP contribution >= 0.6 is 0 Å². The van der Waals surface area contributed by atoms with E-state index in [1.165, 1.54) is 0 Å². The van der Waals surface area contributed by atoms with Crippen molar-refractivity contribution in [3.8, 4) is 0 Å². The molecule has 1 heterocycles. The summed E-state index contributed by atoms with van der Waals surface area (Å²) in [5.41, 5.74) is -0.549. The van der Waals surface area contributed by atoms with Gasteiger partial charge in [-0.3, -0.25) is 4.90 Å². The van der Waals surface area contributed by atoms with Gasteiger partial charge >= 0.3 is 12.1 Å². The first-order chi connectivity index (χ1) is 8.76. The third-order valence-corrected chi connectivity index (χ3v) is 3.83. The summed E-state index contributed by atoms with van der Waals surface area (Å²) in [6.45, 7) is 9.70. The van der Waals surface area contributed by atoms with Gasteiger partial charge in [-0.1, -0.05) is 6.92 Å². The van der Waals surface area contributed by atoms with E-state index in [9.17, 15) is 9.59 Å². The Morgan fingerprint density at radius 2 is 1.95 bits per heavy atom. The molecule has 0 N–H and O–H groups in total. The molecule has 5 nitrogen and oxygen atoms in total. The number of amides is 1. The van der Waals surface area contributed by atoms with Gasteiger partial charge in [0.05, 0.1) is 6.61 Å². The number of carbonyl (C=O) groups excluding carboxylic acids is 2. The number of ether oxygens (including phenoxy) is 2. The second-order valence-electron chi connectivity index (χ2n) is 6.40. The monoisotopic (exact) mass is 269 g/mol. The molecule has 1 aliphatic heterocycles. The fraction of sp³-hybridized carbons (Fsp3) is 0.857. The molecule has 0 aromatic carbocycles. The first-order valence-corrected chi connectivity index (χ1v) is 6.94. The minimum absolute atomic E-state index is 0.143. The topological polar surface area (TPSA) is 55.8 Å². The Labute approximate surface area is 114 Å². The van der Waals surface area contributed by atoms with Crippen LogP contribution in [0.1, 0.15) is 41.0 Å². The van der Waals surface area contributed by atoms with Gasteiger partial charge in [-0.25, -0.2) is 9.59 Å². The summed E-state index contributed by atoms with van der Waals surface area (Å²) in [4.78, 5) is 25.8. The first kappa shape index (κ1) is 14.2. The van der Waals surface area contributed by atoms with Gasteiger partial charge in [0.15, 0.2) is 0 Å². The molecule has 2 fully saturated rings. The summed E-state index contributed by atoms with van der Waals surface area (Å²) in [7, 11) is 0. The van der Waals surface area contributed by atoms with Crippen molar-refractivity contribution < 1.29 is 19.1 Å². The van der Waals surface area contributed by atoms with E-state index in [0.29, 0.717) is 24.9 Å². The summed E-state index contributed by atoms with van der Waals surface area (Å²) in [6.07, 6.45) is 0.298. The molecule has 0 bridgehead atoms. The van der Waals surface area contributed by atoms with E-state index in [0.717, 1.165) is 0 Å². The molecular weight excluding hydrogens is 246 g/mol. The Morgan fingerprint density at radius 3 is 2.47 bits per heavy atom. The molecular formula is C14H23NO4. The van der Waals surface area contributed by atoms with E-state index in [1.54, 1.807) is 11.8 Å². The zero-order chi connectivity index (χ0) is 14.4. The van der Waals surface area contributed by atoms with E-state index in [2.05, 4.69) is 6.92 Å². The van der Waals surface area contributed by atoms with Crippen LogP contribution in [0.4, 0.5) is 4.79 Å². The van der Waals surface area contributed by atoms with Crippen LogP contribution in [-0.4, -0.2) is 41.3 Å². The van der Waals surface area contributed by atoms with Gasteiger partial charge in [0, 0.05) is 6.04 Å². The van der Waals surface area contributed by atoms with Crippen molar-refractivity contribution >= 4 is 12.1 Å². The van der Waals surface area contributed by atoms with Gasteiger partial charge in [0.2, 0.25) is 0 Å². The molecule has 1 amide bonds. The summed E-state index contributed by atoms with van der Waals surface area (Å²) in [5, 5.41) is 0. The summed E-state index contributed by atoms with van der Waals surface area (Å²) in [5.74, 6) is 0.563. The molecule has 4 unspecified atom stereocenters. The summed E-state index contributed by atoms with van der Waals surface area (Å²) in [6, 6.07) is -0.328. The Hall–Kier alpha value is -1.26. The summed E-state index contributed by atoms with van der Waals surface area (Å²) < 4.78 is 10.5. The number of carbonyl (C=O) groups is 2. The van der Waals surface area contributed by atoms with Crippen LogP contribution < -0.4 is 0 Å². The fourth-order valence-corrected chi connectivity index (χ4v) is 2.93. The predicted molar refractivity (Wildman–Crippen MR) is 69.6 cm³/mol. The van der Waals surface area contributed by atoms with Crippen LogP contribution in [0, 0.1) is 11.8 Å². The van der Waals surface area contributed by atoms with Crippen LogP contribution in [0.15, 0.2) is 0 Å². The molecule has 0 radical (unpaired) electrons. The molecule has 0 spiro atoms.